The fraction of sp³-hybridized carbons (Fsp3) is 0.600. The first-order chi connectivity index (χ1) is 13.5. The minimum absolute atomic E-state index is 0.0760. The number of hydrogen-bond donors (Lipinski definition) is 0. The number of hydrogen-bond acceptors (Lipinski definition) is 6. The zero-order valence-corrected chi connectivity index (χ0v) is 18.8. The molecule has 8 nitrogen and oxygen atoms in total. The molecule has 0 saturated carbocycles. The summed E-state index contributed by atoms with van der Waals surface area (Å²) >= 11 is 0. The highest BCUT2D eigenvalue weighted by atomic mass is 32.2. The van der Waals surface area contributed by atoms with Crippen LogP contribution in [0.15, 0.2) is 15.5 Å². The topological polar surface area (TPSA) is 88.7 Å². The molecular weight excluding hydrogens is 392 g/mol. The van der Waals surface area contributed by atoms with Gasteiger partial charge in [-0.2, -0.15) is 4.31 Å². The lowest BCUT2D eigenvalue weighted by molar-refractivity contribution is 0.0901. The number of carbonyl (C=O) groups is 1. The van der Waals surface area contributed by atoms with E-state index in [2.05, 4.69) is 23.6 Å². The van der Waals surface area contributed by atoms with E-state index in [9.17, 15) is 13.2 Å². The van der Waals surface area contributed by atoms with Crippen LogP contribution in [-0.2, 0) is 10.0 Å². The predicted octanol–water partition coefficient (Wildman–Crippen LogP) is 2.48. The van der Waals surface area contributed by atoms with Crippen molar-refractivity contribution in [1.29, 1.82) is 0 Å². The molecule has 1 saturated heterocycles. The monoisotopic (exact) mass is 422 g/mol. The van der Waals surface area contributed by atoms with Crippen molar-refractivity contribution in [1.82, 2.24) is 18.9 Å². The van der Waals surface area contributed by atoms with Gasteiger partial charge in [-0.25, -0.2) is 8.42 Å². The molecule has 1 fully saturated rings. The van der Waals surface area contributed by atoms with Gasteiger partial charge in [0.05, 0.1) is 6.54 Å². The van der Waals surface area contributed by atoms with Crippen LogP contribution in [0, 0.1) is 27.7 Å². The molecule has 29 heavy (non-hydrogen) atoms. The normalized spacial score (nSPS) is 16.7. The van der Waals surface area contributed by atoms with Gasteiger partial charge in [0.25, 0.3) is 0 Å². The number of nitrogens with zero attached hydrogens (tertiary/aromatic N) is 4. The largest absolute Gasteiger partial charge is 0.360 e. The molecule has 0 bridgehead atoms. The van der Waals surface area contributed by atoms with Crippen LogP contribution in [0.25, 0.3) is 0 Å². The van der Waals surface area contributed by atoms with Gasteiger partial charge in [0, 0.05) is 49.2 Å². The molecule has 1 aliphatic rings. The summed E-state index contributed by atoms with van der Waals surface area (Å²) < 4.78 is 34.5. The summed E-state index contributed by atoms with van der Waals surface area (Å²) in [5, 5.41) is 3.76. The van der Waals surface area contributed by atoms with Crippen LogP contribution in [0.4, 0.5) is 0 Å². The molecule has 3 heterocycles. The summed E-state index contributed by atoms with van der Waals surface area (Å²) in [7, 11) is -3.64. The van der Waals surface area contributed by atoms with E-state index in [0.29, 0.717) is 50.2 Å². The number of piperazine rings is 1. The Bertz CT molecular complexity index is 992. The van der Waals surface area contributed by atoms with Gasteiger partial charge in [-0.05, 0) is 47.6 Å². The number of Topliss-reactive ketones (excluding diaryl/α,β-unsaturated/α-hetero) is 1. The highest BCUT2D eigenvalue weighted by Crippen LogP contribution is 2.25. The lowest BCUT2D eigenvalue weighted by Crippen LogP contribution is -2.49. The van der Waals surface area contributed by atoms with Crippen molar-refractivity contribution in [3.8, 4) is 0 Å². The first-order valence-corrected chi connectivity index (χ1v) is 11.3. The van der Waals surface area contributed by atoms with Gasteiger partial charge in [0.2, 0.25) is 10.0 Å². The van der Waals surface area contributed by atoms with E-state index < -0.39 is 10.0 Å². The van der Waals surface area contributed by atoms with Crippen LogP contribution in [0.5, 0.6) is 0 Å². The molecule has 0 aromatic carbocycles. The van der Waals surface area contributed by atoms with Crippen molar-refractivity contribution in [3.05, 3.63) is 34.5 Å². The molecule has 1 aliphatic heterocycles. The second-order valence-electron chi connectivity index (χ2n) is 8.01. The van der Waals surface area contributed by atoms with E-state index >= 15 is 0 Å². The number of ketones is 1. The summed E-state index contributed by atoms with van der Waals surface area (Å²) in [6.07, 6.45) is 0. The highest BCUT2D eigenvalue weighted by Gasteiger charge is 2.33. The Morgan fingerprint density at radius 1 is 1.14 bits per heavy atom. The number of carbonyl (C=O) groups excluding carboxylic acids is 1. The highest BCUT2D eigenvalue weighted by molar-refractivity contribution is 7.89. The van der Waals surface area contributed by atoms with Crippen molar-refractivity contribution in [2.24, 2.45) is 0 Å². The predicted molar refractivity (Wildman–Crippen MR) is 110 cm³/mol. The van der Waals surface area contributed by atoms with E-state index in [-0.39, 0.29) is 10.7 Å². The molecule has 0 amide bonds. The second-order valence-corrected chi connectivity index (χ2v) is 9.88. The molecule has 0 atom stereocenters. The minimum Gasteiger partial charge on any atom is -0.360 e. The molecule has 0 unspecified atom stereocenters. The first kappa shape index (κ1) is 21.7. The SMILES string of the molecule is Cc1noc(C)c1S(=O)(=O)N1CCN(CC(=O)c2cc(C)n(C(C)C)c2C)CC1. The van der Waals surface area contributed by atoms with Crippen LogP contribution in [-0.4, -0.2) is 65.9 Å². The maximum Gasteiger partial charge on any atom is 0.248 e. The van der Waals surface area contributed by atoms with Crippen LogP contribution in [0.2, 0.25) is 0 Å². The summed E-state index contributed by atoms with van der Waals surface area (Å²) in [5.41, 5.74) is 3.20. The number of aryl methyl sites for hydroxylation is 3. The number of sulfonamides is 1. The summed E-state index contributed by atoms with van der Waals surface area (Å²) in [4.78, 5) is 15.0. The van der Waals surface area contributed by atoms with E-state index in [0.717, 1.165) is 17.0 Å². The van der Waals surface area contributed by atoms with Gasteiger partial charge >= 0.3 is 0 Å². The fourth-order valence-corrected chi connectivity index (χ4v) is 5.96. The smallest absolute Gasteiger partial charge is 0.248 e. The van der Waals surface area contributed by atoms with Crippen LogP contribution < -0.4 is 0 Å². The third kappa shape index (κ3) is 4.04. The van der Waals surface area contributed by atoms with Crippen molar-refractivity contribution >= 4 is 15.8 Å². The molecule has 0 aliphatic carbocycles. The molecule has 2 aromatic heterocycles. The lowest BCUT2D eigenvalue weighted by Gasteiger charge is -2.33. The zero-order chi connectivity index (χ0) is 21.5. The Labute approximate surface area is 172 Å². The molecule has 0 spiro atoms. The molecule has 0 N–H and O–H groups in total. The van der Waals surface area contributed by atoms with Gasteiger partial charge in [-0.1, -0.05) is 5.16 Å². The number of aromatic nitrogens is 2. The van der Waals surface area contributed by atoms with Crippen LogP contribution in [0.1, 0.15) is 53.1 Å². The molecule has 9 heteroatoms. The maximum absolute atomic E-state index is 12.9. The maximum atomic E-state index is 12.9. The average Bonchev–Trinajstić information content (AvgIpc) is 3.13. The summed E-state index contributed by atoms with van der Waals surface area (Å²) in [6, 6.07) is 2.25. The minimum atomic E-state index is -3.64. The van der Waals surface area contributed by atoms with Gasteiger partial charge in [-0.3, -0.25) is 9.69 Å². The van der Waals surface area contributed by atoms with Crippen LogP contribution >= 0.6 is 0 Å². The third-order valence-electron chi connectivity index (χ3n) is 5.57. The Kier molecular flexibility index (Phi) is 6.03. The fourth-order valence-electron chi connectivity index (χ4n) is 4.24. The molecule has 3 rings (SSSR count). The summed E-state index contributed by atoms with van der Waals surface area (Å²) in [5.74, 6) is 0.382. The Morgan fingerprint density at radius 2 is 1.76 bits per heavy atom. The van der Waals surface area contributed by atoms with Gasteiger partial charge in [0.15, 0.2) is 11.5 Å². The molecule has 0 radical (unpaired) electrons. The third-order valence-corrected chi connectivity index (χ3v) is 7.71. The standard InChI is InChI=1S/C20H30N4O4S/c1-13(2)24-14(3)11-18(16(24)5)19(25)12-22-7-9-23(10-8-22)29(26,27)20-15(4)21-28-17(20)6/h11,13H,7-10,12H2,1-6H3. The number of rotatable bonds is 6. The van der Waals surface area contributed by atoms with Gasteiger partial charge < -0.3 is 9.09 Å². The van der Waals surface area contributed by atoms with E-state index in [1.807, 2.05) is 24.8 Å². The van der Waals surface area contributed by atoms with Crippen molar-refractivity contribution in [3.63, 3.8) is 0 Å². The van der Waals surface area contributed by atoms with Crippen LogP contribution in [0.3, 0.4) is 0 Å². The van der Waals surface area contributed by atoms with Crippen molar-refractivity contribution < 1.29 is 17.7 Å². The summed E-state index contributed by atoms with van der Waals surface area (Å²) in [6.45, 7) is 13.4. The lowest BCUT2D eigenvalue weighted by atomic mass is 10.1. The molecule has 160 valence electrons. The molecular formula is C20H30N4O4S. The molecule has 2 aromatic rings. The quantitative estimate of drug-likeness (QED) is 0.665. The Hall–Kier alpha value is -1.97. The van der Waals surface area contributed by atoms with E-state index in [4.69, 9.17) is 4.52 Å². The van der Waals surface area contributed by atoms with Gasteiger partial charge in [-0.15, -0.1) is 0 Å². The van der Waals surface area contributed by atoms with Gasteiger partial charge in [0.1, 0.15) is 10.6 Å². The van der Waals surface area contributed by atoms with E-state index in [1.165, 1.54) is 4.31 Å². The van der Waals surface area contributed by atoms with Crippen molar-refractivity contribution in [2.45, 2.75) is 52.5 Å². The van der Waals surface area contributed by atoms with Crippen molar-refractivity contribution in [2.75, 3.05) is 32.7 Å². The Balaban J connectivity index is 1.66. The average molecular weight is 423 g/mol. The second kappa shape index (κ2) is 8.04. The Morgan fingerprint density at radius 3 is 2.24 bits per heavy atom. The van der Waals surface area contributed by atoms with E-state index in [1.54, 1.807) is 13.8 Å². The zero-order valence-electron chi connectivity index (χ0n) is 18.0. The first-order valence-electron chi connectivity index (χ1n) is 9.91.